The summed E-state index contributed by atoms with van der Waals surface area (Å²) in [5.41, 5.74) is 2.49. The van der Waals surface area contributed by atoms with Gasteiger partial charge in [0.2, 0.25) is 0 Å². The second-order valence-electron chi connectivity index (χ2n) is 6.17. The maximum Gasteiger partial charge on any atom is 0.252 e. The van der Waals surface area contributed by atoms with Crippen LogP contribution in [0.1, 0.15) is 35.8 Å². The van der Waals surface area contributed by atoms with Gasteiger partial charge in [0, 0.05) is 24.2 Å². The molecule has 2 aromatic heterocycles. The van der Waals surface area contributed by atoms with Gasteiger partial charge in [-0.3, -0.25) is 4.79 Å². The van der Waals surface area contributed by atoms with Crippen LogP contribution in [0.2, 0.25) is 0 Å². The number of pyridine rings is 1. The highest BCUT2D eigenvalue weighted by atomic mass is 16.5. The number of ether oxygens (including phenoxy) is 1. The highest BCUT2D eigenvalue weighted by Crippen LogP contribution is 2.16. The molecule has 1 N–H and O–H groups in total. The number of benzene rings is 1. The summed E-state index contributed by atoms with van der Waals surface area (Å²) in [6.45, 7) is 4.66. The quantitative estimate of drug-likeness (QED) is 0.750. The number of carbonyl (C=O) groups excluding carboxylic acids is 1. The van der Waals surface area contributed by atoms with Crippen LogP contribution in [0.15, 0.2) is 42.7 Å². The van der Waals surface area contributed by atoms with E-state index < -0.39 is 0 Å². The number of carbonyl (C=O) groups is 1. The molecule has 6 nitrogen and oxygen atoms in total. The van der Waals surface area contributed by atoms with E-state index in [2.05, 4.69) is 15.4 Å². The average Bonchev–Trinajstić information content (AvgIpc) is 3.05. The van der Waals surface area contributed by atoms with E-state index in [9.17, 15) is 4.79 Å². The standard InChI is InChI=1S/C19H22N4O2/c1-13(2)23-18-15(12-22-23)10-16(11-21-18)19(24)20-9-8-14-4-6-17(25-3)7-5-14/h4-7,10-13H,8-9H2,1-3H3,(H,20,24). The van der Waals surface area contributed by atoms with E-state index in [1.165, 1.54) is 0 Å². The van der Waals surface area contributed by atoms with E-state index in [-0.39, 0.29) is 11.9 Å². The van der Waals surface area contributed by atoms with Crippen molar-refractivity contribution in [2.75, 3.05) is 13.7 Å². The van der Waals surface area contributed by atoms with Crippen LogP contribution in [0.3, 0.4) is 0 Å². The largest absolute Gasteiger partial charge is 0.497 e. The van der Waals surface area contributed by atoms with E-state index in [4.69, 9.17) is 4.74 Å². The summed E-state index contributed by atoms with van der Waals surface area (Å²) < 4.78 is 6.99. The Hall–Kier alpha value is -2.89. The van der Waals surface area contributed by atoms with Gasteiger partial charge in [-0.25, -0.2) is 9.67 Å². The number of amides is 1. The summed E-state index contributed by atoms with van der Waals surface area (Å²) in [6, 6.07) is 9.89. The van der Waals surface area contributed by atoms with Gasteiger partial charge in [-0.15, -0.1) is 0 Å². The van der Waals surface area contributed by atoms with E-state index >= 15 is 0 Å². The molecule has 0 spiro atoms. The zero-order valence-electron chi connectivity index (χ0n) is 14.7. The highest BCUT2D eigenvalue weighted by molar-refractivity contribution is 5.96. The summed E-state index contributed by atoms with van der Waals surface area (Å²) >= 11 is 0. The molecule has 0 aliphatic rings. The summed E-state index contributed by atoms with van der Waals surface area (Å²) in [7, 11) is 1.64. The van der Waals surface area contributed by atoms with Crippen molar-refractivity contribution < 1.29 is 9.53 Å². The van der Waals surface area contributed by atoms with E-state index in [0.717, 1.165) is 28.8 Å². The number of nitrogens with one attached hydrogen (secondary N) is 1. The third-order valence-electron chi connectivity index (χ3n) is 4.04. The number of hydrogen-bond acceptors (Lipinski definition) is 4. The predicted molar refractivity (Wildman–Crippen MR) is 96.9 cm³/mol. The fourth-order valence-corrected chi connectivity index (χ4v) is 2.66. The molecule has 25 heavy (non-hydrogen) atoms. The molecule has 130 valence electrons. The lowest BCUT2D eigenvalue weighted by molar-refractivity contribution is 0.0954. The Labute approximate surface area is 146 Å². The molecular weight excluding hydrogens is 316 g/mol. The second kappa shape index (κ2) is 7.34. The number of aromatic nitrogens is 3. The summed E-state index contributed by atoms with van der Waals surface area (Å²) in [6.07, 6.45) is 4.11. The first-order chi connectivity index (χ1) is 12.1. The lowest BCUT2D eigenvalue weighted by Gasteiger charge is -2.08. The molecule has 0 bridgehead atoms. The Morgan fingerprint density at radius 2 is 2.00 bits per heavy atom. The second-order valence-corrected chi connectivity index (χ2v) is 6.17. The predicted octanol–water partition coefficient (Wildman–Crippen LogP) is 2.99. The Morgan fingerprint density at radius 3 is 2.68 bits per heavy atom. The Bertz CT molecular complexity index is 869. The SMILES string of the molecule is COc1ccc(CCNC(=O)c2cnc3c(cnn3C(C)C)c2)cc1. The van der Waals surface area contributed by atoms with E-state index in [1.54, 1.807) is 19.5 Å². The molecule has 0 aliphatic heterocycles. The van der Waals surface area contributed by atoms with Crippen molar-refractivity contribution in [1.29, 1.82) is 0 Å². The van der Waals surface area contributed by atoms with Crippen LogP contribution >= 0.6 is 0 Å². The van der Waals surface area contributed by atoms with Crippen molar-refractivity contribution in [2.45, 2.75) is 26.3 Å². The molecule has 0 unspecified atom stereocenters. The summed E-state index contributed by atoms with van der Waals surface area (Å²) in [5.74, 6) is 0.703. The number of fused-ring (bicyclic) bond motifs is 1. The lowest BCUT2D eigenvalue weighted by Crippen LogP contribution is -2.25. The maximum atomic E-state index is 12.3. The molecule has 1 aromatic carbocycles. The van der Waals surface area contributed by atoms with Crippen LogP contribution in [0.5, 0.6) is 5.75 Å². The molecule has 0 saturated carbocycles. The smallest absolute Gasteiger partial charge is 0.252 e. The zero-order chi connectivity index (χ0) is 17.8. The summed E-state index contributed by atoms with van der Waals surface area (Å²) in [4.78, 5) is 16.7. The number of nitrogens with zero attached hydrogens (tertiary/aromatic N) is 3. The maximum absolute atomic E-state index is 12.3. The van der Waals surface area contributed by atoms with Crippen LogP contribution in [-0.2, 0) is 6.42 Å². The van der Waals surface area contributed by atoms with Crippen LogP contribution in [0.4, 0.5) is 0 Å². The molecule has 0 aliphatic carbocycles. The molecule has 3 aromatic rings. The van der Waals surface area contributed by atoms with Gasteiger partial charge in [-0.05, 0) is 44.0 Å². The van der Waals surface area contributed by atoms with Gasteiger partial charge in [0.1, 0.15) is 5.75 Å². The monoisotopic (exact) mass is 338 g/mol. The molecule has 3 rings (SSSR count). The normalized spacial score (nSPS) is 11.0. The van der Waals surface area contributed by atoms with Gasteiger partial charge in [0.05, 0.1) is 18.9 Å². The van der Waals surface area contributed by atoms with Crippen LogP contribution < -0.4 is 10.1 Å². The van der Waals surface area contributed by atoms with Gasteiger partial charge in [-0.2, -0.15) is 5.10 Å². The van der Waals surface area contributed by atoms with E-state index in [1.807, 2.05) is 48.9 Å². The van der Waals surface area contributed by atoms with Gasteiger partial charge in [0.15, 0.2) is 5.65 Å². The topological polar surface area (TPSA) is 69.0 Å². The van der Waals surface area contributed by atoms with Crippen molar-refractivity contribution in [3.63, 3.8) is 0 Å². The zero-order valence-corrected chi connectivity index (χ0v) is 14.7. The molecule has 1 amide bonds. The molecule has 6 heteroatoms. The fourth-order valence-electron chi connectivity index (χ4n) is 2.66. The third kappa shape index (κ3) is 3.79. The summed E-state index contributed by atoms with van der Waals surface area (Å²) in [5, 5.41) is 8.13. The first-order valence-corrected chi connectivity index (χ1v) is 8.33. The van der Waals surface area contributed by atoms with Crippen molar-refractivity contribution in [3.05, 3.63) is 53.9 Å². The van der Waals surface area contributed by atoms with Gasteiger partial charge in [0.25, 0.3) is 5.91 Å². The molecule has 0 atom stereocenters. The van der Waals surface area contributed by atoms with Crippen LogP contribution in [-0.4, -0.2) is 34.3 Å². The Balaban J connectivity index is 1.61. The fraction of sp³-hybridized carbons (Fsp3) is 0.316. The molecule has 0 radical (unpaired) electrons. The highest BCUT2D eigenvalue weighted by Gasteiger charge is 2.11. The average molecular weight is 338 g/mol. The van der Waals surface area contributed by atoms with Gasteiger partial charge < -0.3 is 10.1 Å². The number of hydrogen-bond donors (Lipinski definition) is 1. The van der Waals surface area contributed by atoms with Crippen LogP contribution in [0, 0.1) is 0 Å². The first-order valence-electron chi connectivity index (χ1n) is 8.33. The van der Waals surface area contributed by atoms with Crippen molar-refractivity contribution >= 4 is 16.9 Å². The number of methoxy groups -OCH3 is 1. The van der Waals surface area contributed by atoms with Crippen molar-refractivity contribution in [2.24, 2.45) is 0 Å². The minimum atomic E-state index is -0.125. The minimum absolute atomic E-state index is 0.125. The van der Waals surface area contributed by atoms with Crippen LogP contribution in [0.25, 0.3) is 11.0 Å². The Kier molecular flexibility index (Phi) is 4.97. The molecular formula is C19H22N4O2. The Morgan fingerprint density at radius 1 is 1.24 bits per heavy atom. The minimum Gasteiger partial charge on any atom is -0.497 e. The number of rotatable bonds is 6. The molecule has 0 fully saturated rings. The third-order valence-corrected chi connectivity index (χ3v) is 4.04. The first kappa shape index (κ1) is 17.0. The lowest BCUT2D eigenvalue weighted by atomic mass is 10.1. The van der Waals surface area contributed by atoms with E-state index in [0.29, 0.717) is 12.1 Å². The molecule has 2 heterocycles. The van der Waals surface area contributed by atoms with Crippen molar-refractivity contribution in [1.82, 2.24) is 20.1 Å². The van der Waals surface area contributed by atoms with Crippen molar-refractivity contribution in [3.8, 4) is 5.75 Å². The molecule has 0 saturated heterocycles. The van der Waals surface area contributed by atoms with Gasteiger partial charge >= 0.3 is 0 Å². The van der Waals surface area contributed by atoms with Gasteiger partial charge in [-0.1, -0.05) is 12.1 Å².